The van der Waals surface area contributed by atoms with Crippen LogP contribution in [0.25, 0.3) is 16.5 Å². The van der Waals surface area contributed by atoms with Crippen LogP contribution in [-0.2, 0) is 6.42 Å². The highest BCUT2D eigenvalue weighted by Gasteiger charge is 2.20. The zero-order valence-electron chi connectivity index (χ0n) is 19.0. The van der Waals surface area contributed by atoms with Crippen LogP contribution >= 0.6 is 0 Å². The van der Waals surface area contributed by atoms with Crippen LogP contribution in [0.1, 0.15) is 69.7 Å². The molecule has 1 aromatic heterocycles. The van der Waals surface area contributed by atoms with Crippen LogP contribution in [0.3, 0.4) is 0 Å². The standard InChI is InChI=1S/C27H38N2/c1-7-10-23(17-20(5)19(4)8-2)27-24(9-3)25-18-22(11-12-26(25)28-27)21-13-15-29(6)16-14-21/h7,10-12,17-19,21,28H,1,8-9,13-16H2,2-6H3/b20-17-,23-10+. The molecular weight excluding hydrogens is 352 g/mol. The SMILES string of the molecule is C=C/C=C(\C=C(\C)C(C)CC)c1[nH]c2ccc(C3CCN(C)CC3)cc2c1CC. The van der Waals surface area contributed by atoms with Crippen molar-refractivity contribution >= 4 is 16.5 Å². The number of allylic oxidation sites excluding steroid dienone is 5. The fraction of sp³-hybridized carbons (Fsp3) is 0.481. The van der Waals surface area contributed by atoms with Crippen LogP contribution in [0.2, 0.25) is 0 Å². The summed E-state index contributed by atoms with van der Waals surface area (Å²) in [6, 6.07) is 7.10. The fourth-order valence-corrected chi connectivity index (χ4v) is 4.51. The fourth-order valence-electron chi connectivity index (χ4n) is 4.51. The maximum absolute atomic E-state index is 3.97. The predicted molar refractivity (Wildman–Crippen MR) is 129 cm³/mol. The van der Waals surface area contributed by atoms with Gasteiger partial charge >= 0.3 is 0 Å². The van der Waals surface area contributed by atoms with E-state index in [0.717, 1.165) is 12.8 Å². The molecule has 156 valence electrons. The topological polar surface area (TPSA) is 19.0 Å². The van der Waals surface area contributed by atoms with Gasteiger partial charge < -0.3 is 9.88 Å². The monoisotopic (exact) mass is 390 g/mol. The Labute approximate surface area is 177 Å². The second kappa shape index (κ2) is 9.63. The lowest BCUT2D eigenvalue weighted by Crippen LogP contribution is -2.29. The molecule has 3 rings (SSSR count). The van der Waals surface area contributed by atoms with Crippen molar-refractivity contribution < 1.29 is 0 Å². The van der Waals surface area contributed by atoms with Crippen molar-refractivity contribution in [3.05, 3.63) is 65.4 Å². The summed E-state index contributed by atoms with van der Waals surface area (Å²) in [5.74, 6) is 1.28. The average molecular weight is 391 g/mol. The van der Waals surface area contributed by atoms with E-state index in [9.17, 15) is 0 Å². The first kappa shape index (κ1) is 21.6. The molecule has 1 aromatic carbocycles. The van der Waals surface area contributed by atoms with Crippen molar-refractivity contribution in [2.24, 2.45) is 5.92 Å². The van der Waals surface area contributed by atoms with Crippen LogP contribution in [-0.4, -0.2) is 30.0 Å². The van der Waals surface area contributed by atoms with Gasteiger partial charge in [0.25, 0.3) is 0 Å². The predicted octanol–water partition coefficient (Wildman–Crippen LogP) is 7.10. The van der Waals surface area contributed by atoms with Crippen LogP contribution in [0, 0.1) is 5.92 Å². The van der Waals surface area contributed by atoms with Crippen molar-refractivity contribution in [2.45, 2.75) is 59.3 Å². The molecule has 0 bridgehead atoms. The number of aryl methyl sites for hydroxylation is 1. The number of aromatic amines is 1. The quantitative estimate of drug-likeness (QED) is 0.499. The van der Waals surface area contributed by atoms with Crippen LogP contribution in [0.5, 0.6) is 0 Å². The molecule has 0 aliphatic carbocycles. The van der Waals surface area contributed by atoms with E-state index in [0.29, 0.717) is 11.8 Å². The highest BCUT2D eigenvalue weighted by Crippen LogP contribution is 2.34. The Hall–Kier alpha value is -2.06. The number of benzene rings is 1. The number of rotatable bonds is 7. The van der Waals surface area contributed by atoms with Gasteiger partial charge in [-0.05, 0) is 93.4 Å². The first-order valence-electron chi connectivity index (χ1n) is 11.3. The molecule has 2 heteroatoms. The molecule has 1 unspecified atom stereocenters. The third-order valence-corrected chi connectivity index (χ3v) is 6.83. The Bertz CT molecular complexity index is 904. The van der Waals surface area contributed by atoms with Crippen molar-refractivity contribution in [2.75, 3.05) is 20.1 Å². The van der Waals surface area contributed by atoms with Crippen LogP contribution in [0.4, 0.5) is 0 Å². The zero-order valence-corrected chi connectivity index (χ0v) is 19.0. The number of hydrogen-bond acceptors (Lipinski definition) is 1. The number of likely N-dealkylation sites (tertiary alicyclic amines) is 1. The molecular formula is C27H38N2. The average Bonchev–Trinajstić information content (AvgIpc) is 3.10. The Kier molecular flexibility index (Phi) is 7.18. The van der Waals surface area contributed by atoms with Gasteiger partial charge in [0.1, 0.15) is 0 Å². The molecule has 1 aliphatic rings. The van der Waals surface area contributed by atoms with Crippen molar-refractivity contribution in [1.29, 1.82) is 0 Å². The van der Waals surface area contributed by atoms with E-state index in [4.69, 9.17) is 0 Å². The maximum atomic E-state index is 3.97. The normalized spacial score (nSPS) is 18.4. The molecule has 2 nitrogen and oxygen atoms in total. The van der Waals surface area contributed by atoms with Crippen LogP contribution in [0.15, 0.2) is 48.6 Å². The number of fused-ring (bicyclic) bond motifs is 1. The molecule has 1 atom stereocenters. The van der Waals surface area contributed by atoms with E-state index in [1.807, 2.05) is 6.08 Å². The molecule has 2 heterocycles. The lowest BCUT2D eigenvalue weighted by Gasteiger charge is -2.29. The number of aromatic nitrogens is 1. The number of nitrogens with zero attached hydrogens (tertiary/aromatic N) is 1. The lowest BCUT2D eigenvalue weighted by molar-refractivity contribution is 0.255. The van der Waals surface area contributed by atoms with E-state index in [1.165, 1.54) is 64.8 Å². The third-order valence-electron chi connectivity index (χ3n) is 6.83. The number of H-pyrrole nitrogens is 1. The molecule has 1 N–H and O–H groups in total. The van der Waals surface area contributed by atoms with E-state index >= 15 is 0 Å². The summed E-state index contributed by atoms with van der Waals surface area (Å²) in [7, 11) is 2.23. The van der Waals surface area contributed by atoms with E-state index < -0.39 is 0 Å². The van der Waals surface area contributed by atoms with E-state index in [1.54, 1.807) is 0 Å². The van der Waals surface area contributed by atoms with Crippen molar-refractivity contribution in [1.82, 2.24) is 9.88 Å². The molecule has 0 spiro atoms. The van der Waals surface area contributed by atoms with Gasteiger partial charge in [-0.15, -0.1) is 0 Å². The van der Waals surface area contributed by atoms with Gasteiger partial charge in [0.2, 0.25) is 0 Å². The number of nitrogens with one attached hydrogen (secondary N) is 1. The molecule has 1 saturated heterocycles. The van der Waals surface area contributed by atoms with Gasteiger partial charge in [0, 0.05) is 16.6 Å². The Morgan fingerprint density at radius 3 is 2.62 bits per heavy atom. The highest BCUT2D eigenvalue weighted by atomic mass is 15.1. The van der Waals surface area contributed by atoms with Gasteiger partial charge in [0.15, 0.2) is 0 Å². The first-order chi connectivity index (χ1) is 14.0. The van der Waals surface area contributed by atoms with Gasteiger partial charge in [-0.2, -0.15) is 0 Å². The van der Waals surface area contributed by atoms with Gasteiger partial charge in [-0.1, -0.05) is 57.2 Å². The van der Waals surface area contributed by atoms with Crippen molar-refractivity contribution in [3.63, 3.8) is 0 Å². The number of hydrogen-bond donors (Lipinski definition) is 1. The van der Waals surface area contributed by atoms with Gasteiger partial charge in [-0.3, -0.25) is 0 Å². The minimum atomic E-state index is 0.591. The second-order valence-electron chi connectivity index (χ2n) is 8.77. The summed E-state index contributed by atoms with van der Waals surface area (Å²) >= 11 is 0. The maximum Gasteiger partial charge on any atom is 0.0497 e. The summed E-state index contributed by atoms with van der Waals surface area (Å²) < 4.78 is 0. The molecule has 1 fully saturated rings. The summed E-state index contributed by atoms with van der Waals surface area (Å²) in [4.78, 5) is 6.17. The van der Waals surface area contributed by atoms with Crippen molar-refractivity contribution in [3.8, 4) is 0 Å². The van der Waals surface area contributed by atoms with Gasteiger partial charge in [0.05, 0.1) is 0 Å². The Morgan fingerprint density at radius 1 is 1.28 bits per heavy atom. The molecule has 0 radical (unpaired) electrons. The number of piperidine rings is 1. The summed E-state index contributed by atoms with van der Waals surface area (Å²) in [6.45, 7) is 15.4. The summed E-state index contributed by atoms with van der Waals surface area (Å²) in [6.07, 6.45) is 11.1. The minimum Gasteiger partial charge on any atom is -0.354 e. The molecule has 0 amide bonds. The van der Waals surface area contributed by atoms with E-state index in [2.05, 4.69) is 81.6 Å². The highest BCUT2D eigenvalue weighted by molar-refractivity contribution is 5.92. The largest absolute Gasteiger partial charge is 0.354 e. The van der Waals surface area contributed by atoms with E-state index in [-0.39, 0.29) is 0 Å². The summed E-state index contributed by atoms with van der Waals surface area (Å²) in [5, 5.41) is 1.39. The Balaban J connectivity index is 2.04. The first-order valence-corrected chi connectivity index (χ1v) is 11.3. The molecule has 0 saturated carbocycles. The smallest absolute Gasteiger partial charge is 0.0497 e. The second-order valence-corrected chi connectivity index (χ2v) is 8.77. The molecule has 29 heavy (non-hydrogen) atoms. The Morgan fingerprint density at radius 2 is 2.00 bits per heavy atom. The lowest BCUT2D eigenvalue weighted by atomic mass is 9.88. The third kappa shape index (κ3) is 4.75. The molecule has 1 aliphatic heterocycles. The molecule has 2 aromatic rings. The minimum absolute atomic E-state index is 0.591. The zero-order chi connectivity index (χ0) is 21.0. The van der Waals surface area contributed by atoms with Gasteiger partial charge in [-0.25, -0.2) is 0 Å². The van der Waals surface area contributed by atoms with Crippen LogP contribution < -0.4 is 0 Å². The summed E-state index contributed by atoms with van der Waals surface area (Å²) in [5.41, 5.74) is 8.10.